The molecule has 0 spiro atoms. The standard InChI is InChI=1S/C21H19N3O3/c1-13-9-19(25)23-18-11-15(7-8-17(13)18)22-21(27)14-10-20(26)24(12-14)16-5-3-2-4-6-16/h2-9,11,14H,10,12H2,1H3,(H,22,27)(H,23,25). The minimum atomic E-state index is -0.412. The fourth-order valence-electron chi connectivity index (χ4n) is 3.50. The smallest absolute Gasteiger partial charge is 0.248 e. The number of aromatic nitrogens is 1. The maximum absolute atomic E-state index is 12.6. The van der Waals surface area contributed by atoms with E-state index in [-0.39, 0.29) is 23.8 Å². The van der Waals surface area contributed by atoms with E-state index in [2.05, 4.69) is 10.3 Å². The summed E-state index contributed by atoms with van der Waals surface area (Å²) in [4.78, 5) is 41.0. The van der Waals surface area contributed by atoms with Crippen LogP contribution in [0, 0.1) is 12.8 Å². The number of fused-ring (bicyclic) bond motifs is 1. The SMILES string of the molecule is Cc1cc(=O)[nH]c2cc(NC(=O)C3CC(=O)N(c4ccccc4)C3)ccc12. The lowest BCUT2D eigenvalue weighted by Gasteiger charge is -2.16. The van der Waals surface area contributed by atoms with Gasteiger partial charge in [0.05, 0.1) is 11.4 Å². The van der Waals surface area contributed by atoms with Crippen molar-refractivity contribution in [2.75, 3.05) is 16.8 Å². The topological polar surface area (TPSA) is 82.3 Å². The Morgan fingerprint density at radius 2 is 1.89 bits per heavy atom. The number of benzene rings is 2. The second-order valence-corrected chi connectivity index (χ2v) is 6.81. The number of H-pyrrole nitrogens is 1. The van der Waals surface area contributed by atoms with Gasteiger partial charge in [-0.1, -0.05) is 24.3 Å². The normalized spacial score (nSPS) is 16.7. The number of anilines is 2. The summed E-state index contributed by atoms with van der Waals surface area (Å²) in [6.07, 6.45) is 0.185. The van der Waals surface area contributed by atoms with Crippen LogP contribution in [0.4, 0.5) is 11.4 Å². The Hall–Kier alpha value is -3.41. The number of hydrogen-bond donors (Lipinski definition) is 2. The van der Waals surface area contributed by atoms with Crippen LogP contribution in [0.25, 0.3) is 10.9 Å². The predicted molar refractivity (Wildman–Crippen MR) is 105 cm³/mol. The molecule has 2 aromatic carbocycles. The molecule has 1 aliphatic heterocycles. The molecule has 2 heterocycles. The lowest BCUT2D eigenvalue weighted by Crippen LogP contribution is -2.28. The van der Waals surface area contributed by atoms with Crippen LogP contribution >= 0.6 is 0 Å². The van der Waals surface area contributed by atoms with Crippen molar-refractivity contribution in [1.29, 1.82) is 0 Å². The highest BCUT2D eigenvalue weighted by molar-refractivity contribution is 6.04. The van der Waals surface area contributed by atoms with Crippen LogP contribution in [0.3, 0.4) is 0 Å². The molecule has 6 nitrogen and oxygen atoms in total. The second-order valence-electron chi connectivity index (χ2n) is 6.81. The Kier molecular flexibility index (Phi) is 4.24. The van der Waals surface area contributed by atoms with E-state index >= 15 is 0 Å². The molecule has 1 fully saturated rings. The summed E-state index contributed by atoms with van der Waals surface area (Å²) in [6.45, 7) is 2.23. The minimum Gasteiger partial charge on any atom is -0.326 e. The van der Waals surface area contributed by atoms with Crippen LogP contribution in [0.15, 0.2) is 59.4 Å². The van der Waals surface area contributed by atoms with E-state index in [0.29, 0.717) is 17.7 Å². The summed E-state index contributed by atoms with van der Waals surface area (Å²) in [5.41, 5.74) is 2.78. The minimum absolute atomic E-state index is 0.0557. The Balaban J connectivity index is 1.52. The van der Waals surface area contributed by atoms with E-state index in [1.54, 1.807) is 23.1 Å². The van der Waals surface area contributed by atoms with Crippen molar-refractivity contribution >= 4 is 34.1 Å². The van der Waals surface area contributed by atoms with Crippen molar-refractivity contribution in [3.8, 4) is 0 Å². The molecule has 136 valence electrons. The molecule has 2 amide bonds. The van der Waals surface area contributed by atoms with Gasteiger partial charge in [0.15, 0.2) is 0 Å². The number of pyridine rings is 1. The molecule has 1 aliphatic rings. The highest BCUT2D eigenvalue weighted by atomic mass is 16.2. The molecule has 3 aromatic rings. The lowest BCUT2D eigenvalue weighted by atomic mass is 10.1. The first-order valence-electron chi connectivity index (χ1n) is 8.81. The third kappa shape index (κ3) is 3.33. The van der Waals surface area contributed by atoms with Gasteiger partial charge in [0.1, 0.15) is 0 Å². The molecule has 1 aromatic heterocycles. The van der Waals surface area contributed by atoms with E-state index in [4.69, 9.17) is 0 Å². The molecule has 0 saturated carbocycles. The fourth-order valence-corrected chi connectivity index (χ4v) is 3.50. The molecule has 6 heteroatoms. The highest BCUT2D eigenvalue weighted by Crippen LogP contribution is 2.26. The number of nitrogens with zero attached hydrogens (tertiary/aromatic N) is 1. The number of carbonyl (C=O) groups excluding carboxylic acids is 2. The van der Waals surface area contributed by atoms with Gasteiger partial charge in [-0.2, -0.15) is 0 Å². The number of amides is 2. The van der Waals surface area contributed by atoms with E-state index in [9.17, 15) is 14.4 Å². The zero-order chi connectivity index (χ0) is 19.0. The first kappa shape index (κ1) is 17.0. The zero-order valence-electron chi connectivity index (χ0n) is 14.9. The number of carbonyl (C=O) groups is 2. The monoisotopic (exact) mass is 361 g/mol. The van der Waals surface area contributed by atoms with Crippen LogP contribution in [-0.4, -0.2) is 23.3 Å². The summed E-state index contributed by atoms with van der Waals surface area (Å²) in [5.74, 6) is -0.666. The van der Waals surface area contributed by atoms with Gasteiger partial charge in [-0.05, 0) is 36.8 Å². The van der Waals surface area contributed by atoms with Crippen molar-refractivity contribution in [2.24, 2.45) is 5.92 Å². The molecule has 1 unspecified atom stereocenters. The average molecular weight is 361 g/mol. The maximum atomic E-state index is 12.6. The summed E-state index contributed by atoms with van der Waals surface area (Å²) >= 11 is 0. The van der Waals surface area contributed by atoms with Crippen molar-refractivity contribution in [3.05, 3.63) is 70.5 Å². The van der Waals surface area contributed by atoms with Crippen LogP contribution < -0.4 is 15.8 Å². The van der Waals surface area contributed by atoms with Crippen LogP contribution in [0.5, 0.6) is 0 Å². The van der Waals surface area contributed by atoms with Gasteiger partial charge in [0.25, 0.3) is 0 Å². The maximum Gasteiger partial charge on any atom is 0.248 e. The molecule has 0 radical (unpaired) electrons. The van der Waals surface area contributed by atoms with E-state index < -0.39 is 5.92 Å². The summed E-state index contributed by atoms with van der Waals surface area (Å²) < 4.78 is 0. The molecule has 27 heavy (non-hydrogen) atoms. The molecule has 4 rings (SSSR count). The molecule has 2 N–H and O–H groups in total. The van der Waals surface area contributed by atoms with Gasteiger partial charge in [-0.15, -0.1) is 0 Å². The molecule has 1 atom stereocenters. The number of aryl methyl sites for hydroxylation is 1. The van der Waals surface area contributed by atoms with Gasteiger partial charge < -0.3 is 15.2 Å². The van der Waals surface area contributed by atoms with Crippen LogP contribution in [-0.2, 0) is 9.59 Å². The van der Waals surface area contributed by atoms with Gasteiger partial charge in [0, 0.05) is 35.8 Å². The quantitative estimate of drug-likeness (QED) is 0.753. The van der Waals surface area contributed by atoms with Crippen molar-refractivity contribution in [2.45, 2.75) is 13.3 Å². The summed E-state index contributed by atoms with van der Waals surface area (Å²) in [6, 6.07) is 16.3. The van der Waals surface area contributed by atoms with Crippen LogP contribution in [0.2, 0.25) is 0 Å². The second kappa shape index (κ2) is 6.72. The zero-order valence-corrected chi connectivity index (χ0v) is 14.9. The number of rotatable bonds is 3. The molecule has 0 aliphatic carbocycles. The number of nitrogens with one attached hydrogen (secondary N) is 2. The van der Waals surface area contributed by atoms with E-state index in [1.165, 1.54) is 0 Å². The number of aromatic amines is 1. The largest absolute Gasteiger partial charge is 0.326 e. The van der Waals surface area contributed by atoms with Crippen LogP contribution in [0.1, 0.15) is 12.0 Å². The summed E-state index contributed by atoms with van der Waals surface area (Å²) in [5, 5.41) is 3.80. The Morgan fingerprint density at radius 1 is 1.11 bits per heavy atom. The van der Waals surface area contributed by atoms with Gasteiger partial charge in [0.2, 0.25) is 17.4 Å². The number of para-hydroxylation sites is 1. The predicted octanol–water partition coefficient (Wildman–Crippen LogP) is 2.83. The third-order valence-electron chi connectivity index (χ3n) is 4.88. The molecule has 1 saturated heterocycles. The molecule has 0 bridgehead atoms. The number of hydrogen-bond acceptors (Lipinski definition) is 3. The van der Waals surface area contributed by atoms with Crippen molar-refractivity contribution in [3.63, 3.8) is 0 Å². The van der Waals surface area contributed by atoms with E-state index in [1.807, 2.05) is 43.3 Å². The molecular weight excluding hydrogens is 342 g/mol. The van der Waals surface area contributed by atoms with Crippen molar-refractivity contribution < 1.29 is 9.59 Å². The molecular formula is C21H19N3O3. The van der Waals surface area contributed by atoms with Gasteiger partial charge >= 0.3 is 0 Å². The lowest BCUT2D eigenvalue weighted by molar-refractivity contribution is -0.122. The third-order valence-corrected chi connectivity index (χ3v) is 4.88. The van der Waals surface area contributed by atoms with E-state index in [0.717, 1.165) is 16.6 Å². The van der Waals surface area contributed by atoms with Gasteiger partial charge in [-0.3, -0.25) is 14.4 Å². The summed E-state index contributed by atoms with van der Waals surface area (Å²) in [7, 11) is 0. The Labute approximate surface area is 155 Å². The van der Waals surface area contributed by atoms with Crippen molar-refractivity contribution in [1.82, 2.24) is 4.98 Å². The highest BCUT2D eigenvalue weighted by Gasteiger charge is 2.35. The van der Waals surface area contributed by atoms with Gasteiger partial charge in [-0.25, -0.2) is 0 Å². The average Bonchev–Trinajstić information content (AvgIpc) is 3.04. The first-order valence-corrected chi connectivity index (χ1v) is 8.81. The first-order chi connectivity index (χ1) is 13.0. The fraction of sp³-hybridized carbons (Fsp3) is 0.190. The Bertz CT molecular complexity index is 1090. The Morgan fingerprint density at radius 3 is 2.67 bits per heavy atom.